The summed E-state index contributed by atoms with van der Waals surface area (Å²) in [5.74, 6) is 0.400. The Kier molecular flexibility index (Phi) is 5.11. The van der Waals surface area contributed by atoms with Gasteiger partial charge in [0.1, 0.15) is 5.82 Å². The van der Waals surface area contributed by atoms with Crippen LogP contribution in [-0.4, -0.2) is 15.9 Å². The number of nitrogens with zero attached hydrogens (tertiary/aromatic N) is 1. The molecule has 2 rings (SSSR count). The molecule has 0 spiro atoms. The van der Waals surface area contributed by atoms with Crippen LogP contribution in [0.3, 0.4) is 0 Å². The van der Waals surface area contributed by atoms with E-state index in [1.165, 1.54) is 0 Å². The van der Waals surface area contributed by atoms with Gasteiger partial charge in [-0.3, -0.25) is 4.79 Å². The highest BCUT2D eigenvalue weighted by atomic mass is 16.2. The van der Waals surface area contributed by atoms with Gasteiger partial charge in [-0.2, -0.15) is 0 Å². The topological polar surface area (TPSA) is 83.8 Å². The van der Waals surface area contributed by atoms with Gasteiger partial charge in [-0.05, 0) is 12.0 Å². The van der Waals surface area contributed by atoms with Crippen molar-refractivity contribution in [2.24, 2.45) is 11.7 Å². The minimum atomic E-state index is -0.319. The van der Waals surface area contributed by atoms with Crippen molar-refractivity contribution < 1.29 is 4.79 Å². The SMILES string of the molecule is CCC(NC(=O)C(C)C(N)c1ccccc1)c1ncc[nH]1. The summed E-state index contributed by atoms with van der Waals surface area (Å²) >= 11 is 0. The summed E-state index contributed by atoms with van der Waals surface area (Å²) in [6.45, 7) is 3.86. The van der Waals surface area contributed by atoms with Crippen LogP contribution >= 0.6 is 0 Å². The molecule has 3 atom stereocenters. The van der Waals surface area contributed by atoms with Gasteiger partial charge in [-0.15, -0.1) is 0 Å². The molecule has 0 fully saturated rings. The second-order valence-corrected chi connectivity index (χ2v) is 5.17. The predicted octanol–water partition coefficient (Wildman–Crippen LogP) is 2.31. The summed E-state index contributed by atoms with van der Waals surface area (Å²) in [7, 11) is 0. The number of nitrogens with one attached hydrogen (secondary N) is 2. The predicted molar refractivity (Wildman–Crippen MR) is 82.3 cm³/mol. The quantitative estimate of drug-likeness (QED) is 0.762. The van der Waals surface area contributed by atoms with Crippen molar-refractivity contribution >= 4 is 5.91 Å². The van der Waals surface area contributed by atoms with Crippen LogP contribution in [0.1, 0.15) is 43.7 Å². The molecular formula is C16H22N4O. The van der Waals surface area contributed by atoms with E-state index in [2.05, 4.69) is 15.3 Å². The van der Waals surface area contributed by atoms with E-state index in [9.17, 15) is 4.79 Å². The molecule has 1 heterocycles. The van der Waals surface area contributed by atoms with Crippen LogP contribution in [0.4, 0.5) is 0 Å². The van der Waals surface area contributed by atoms with Crippen molar-refractivity contribution in [3.63, 3.8) is 0 Å². The number of hydrogen-bond acceptors (Lipinski definition) is 3. The second-order valence-electron chi connectivity index (χ2n) is 5.17. The smallest absolute Gasteiger partial charge is 0.225 e. The summed E-state index contributed by atoms with van der Waals surface area (Å²) in [6.07, 6.45) is 4.21. The van der Waals surface area contributed by atoms with Crippen molar-refractivity contribution in [1.29, 1.82) is 0 Å². The largest absolute Gasteiger partial charge is 0.347 e. The molecule has 1 aromatic carbocycles. The van der Waals surface area contributed by atoms with Gasteiger partial charge >= 0.3 is 0 Å². The fourth-order valence-electron chi connectivity index (χ4n) is 2.26. The Morgan fingerprint density at radius 3 is 2.67 bits per heavy atom. The summed E-state index contributed by atoms with van der Waals surface area (Å²) in [5.41, 5.74) is 7.16. The molecule has 5 heteroatoms. The highest BCUT2D eigenvalue weighted by Crippen LogP contribution is 2.21. The van der Waals surface area contributed by atoms with Gasteiger partial charge in [-0.25, -0.2) is 4.98 Å². The lowest BCUT2D eigenvalue weighted by molar-refractivity contribution is -0.126. The summed E-state index contributed by atoms with van der Waals surface area (Å²) in [5, 5.41) is 3.01. The second kappa shape index (κ2) is 7.04. The van der Waals surface area contributed by atoms with E-state index in [4.69, 9.17) is 5.73 Å². The van der Waals surface area contributed by atoms with Crippen molar-refractivity contribution in [3.8, 4) is 0 Å². The van der Waals surface area contributed by atoms with Gasteiger partial charge in [0.05, 0.1) is 12.0 Å². The zero-order valence-electron chi connectivity index (χ0n) is 12.4. The molecule has 0 aliphatic heterocycles. The minimum absolute atomic E-state index is 0.0606. The maximum Gasteiger partial charge on any atom is 0.225 e. The molecule has 112 valence electrons. The Labute approximate surface area is 125 Å². The van der Waals surface area contributed by atoms with Crippen molar-refractivity contribution in [2.75, 3.05) is 0 Å². The third-order valence-electron chi connectivity index (χ3n) is 3.71. The summed E-state index contributed by atoms with van der Waals surface area (Å²) in [6, 6.07) is 9.24. The van der Waals surface area contributed by atoms with Crippen molar-refractivity contribution in [1.82, 2.24) is 15.3 Å². The fourth-order valence-corrected chi connectivity index (χ4v) is 2.26. The maximum absolute atomic E-state index is 12.4. The van der Waals surface area contributed by atoms with Gasteiger partial charge in [0, 0.05) is 18.4 Å². The van der Waals surface area contributed by atoms with Crippen LogP contribution in [0.25, 0.3) is 0 Å². The van der Waals surface area contributed by atoms with E-state index in [0.717, 1.165) is 17.8 Å². The van der Waals surface area contributed by atoms with Crippen LogP contribution < -0.4 is 11.1 Å². The van der Waals surface area contributed by atoms with E-state index < -0.39 is 0 Å². The lowest BCUT2D eigenvalue weighted by Gasteiger charge is -2.22. The molecule has 21 heavy (non-hydrogen) atoms. The molecule has 2 aromatic rings. The number of hydrogen-bond donors (Lipinski definition) is 3. The minimum Gasteiger partial charge on any atom is -0.347 e. The Morgan fingerprint density at radius 1 is 1.38 bits per heavy atom. The van der Waals surface area contributed by atoms with Crippen molar-refractivity contribution in [3.05, 3.63) is 54.1 Å². The number of rotatable bonds is 6. The van der Waals surface area contributed by atoms with Crippen LogP contribution in [0.2, 0.25) is 0 Å². The molecule has 0 bridgehead atoms. The molecule has 3 unspecified atom stereocenters. The first-order chi connectivity index (χ1) is 10.1. The number of aromatic amines is 1. The average molecular weight is 286 g/mol. The van der Waals surface area contributed by atoms with E-state index >= 15 is 0 Å². The monoisotopic (exact) mass is 286 g/mol. The molecule has 1 aromatic heterocycles. The molecule has 0 aliphatic carbocycles. The first-order valence-corrected chi connectivity index (χ1v) is 7.23. The Hall–Kier alpha value is -2.14. The maximum atomic E-state index is 12.4. The third kappa shape index (κ3) is 3.70. The van der Waals surface area contributed by atoms with E-state index in [-0.39, 0.29) is 23.9 Å². The summed E-state index contributed by atoms with van der Waals surface area (Å²) in [4.78, 5) is 19.6. The first-order valence-electron chi connectivity index (χ1n) is 7.23. The highest BCUT2D eigenvalue weighted by Gasteiger charge is 2.24. The summed E-state index contributed by atoms with van der Waals surface area (Å²) < 4.78 is 0. The van der Waals surface area contributed by atoms with E-state index in [1.54, 1.807) is 12.4 Å². The number of carbonyl (C=O) groups is 1. The number of amides is 1. The molecule has 4 N–H and O–H groups in total. The van der Waals surface area contributed by atoms with Crippen LogP contribution in [0.15, 0.2) is 42.7 Å². The normalized spacial score (nSPS) is 15.2. The van der Waals surface area contributed by atoms with Gasteiger partial charge < -0.3 is 16.0 Å². The Balaban J connectivity index is 2.02. The molecule has 0 aliphatic rings. The lowest BCUT2D eigenvalue weighted by Crippen LogP contribution is -2.37. The van der Waals surface area contributed by atoms with Gasteiger partial charge in [-0.1, -0.05) is 44.2 Å². The number of benzene rings is 1. The number of nitrogens with two attached hydrogens (primary N) is 1. The number of H-pyrrole nitrogens is 1. The van der Waals surface area contributed by atoms with E-state index in [0.29, 0.717) is 0 Å². The zero-order valence-corrected chi connectivity index (χ0v) is 12.4. The van der Waals surface area contributed by atoms with Gasteiger partial charge in [0.2, 0.25) is 5.91 Å². The molecule has 0 saturated carbocycles. The lowest BCUT2D eigenvalue weighted by atomic mass is 9.94. The molecule has 0 radical (unpaired) electrons. The van der Waals surface area contributed by atoms with Crippen LogP contribution in [0, 0.1) is 5.92 Å². The number of imidazole rings is 1. The Morgan fingerprint density at radius 2 is 2.10 bits per heavy atom. The average Bonchev–Trinajstić information content (AvgIpc) is 3.06. The highest BCUT2D eigenvalue weighted by molar-refractivity contribution is 5.79. The number of aromatic nitrogens is 2. The zero-order chi connectivity index (χ0) is 15.2. The molecule has 1 amide bonds. The van der Waals surface area contributed by atoms with E-state index in [1.807, 2.05) is 44.2 Å². The van der Waals surface area contributed by atoms with Gasteiger partial charge in [0.15, 0.2) is 0 Å². The first kappa shape index (κ1) is 15.3. The third-order valence-corrected chi connectivity index (χ3v) is 3.71. The number of carbonyl (C=O) groups excluding carboxylic acids is 1. The van der Waals surface area contributed by atoms with Gasteiger partial charge in [0.25, 0.3) is 0 Å². The fraction of sp³-hybridized carbons (Fsp3) is 0.375. The van der Waals surface area contributed by atoms with Crippen LogP contribution in [0.5, 0.6) is 0 Å². The molecule has 5 nitrogen and oxygen atoms in total. The molecule has 0 saturated heterocycles. The Bertz CT molecular complexity index is 553. The standard InChI is InChI=1S/C16H22N4O/c1-3-13(15-18-9-10-19-15)20-16(21)11(2)14(17)12-7-5-4-6-8-12/h4-11,13-14H,3,17H2,1-2H3,(H,18,19)(H,20,21). The van der Waals surface area contributed by atoms with Crippen molar-refractivity contribution in [2.45, 2.75) is 32.4 Å². The molecular weight excluding hydrogens is 264 g/mol. The van der Waals surface area contributed by atoms with Crippen LogP contribution in [-0.2, 0) is 4.79 Å².